The Morgan fingerprint density at radius 2 is 1.88 bits per heavy atom. The number of nitrogens with one attached hydrogen (secondary N) is 1. The lowest BCUT2D eigenvalue weighted by atomic mass is 9.75. The van der Waals surface area contributed by atoms with Crippen LogP contribution in [0, 0.1) is 0 Å². The van der Waals surface area contributed by atoms with Crippen LogP contribution in [0.1, 0.15) is 32.6 Å². The molecule has 1 saturated carbocycles. The first-order valence-corrected chi connectivity index (χ1v) is 6.54. The molecular formula is C13H29N3. The molecule has 1 aliphatic carbocycles. The third-order valence-corrected chi connectivity index (χ3v) is 4.34. The van der Waals surface area contributed by atoms with Gasteiger partial charge in [0, 0.05) is 18.1 Å². The second kappa shape index (κ2) is 5.99. The van der Waals surface area contributed by atoms with Gasteiger partial charge in [-0.05, 0) is 67.3 Å². The van der Waals surface area contributed by atoms with Gasteiger partial charge >= 0.3 is 0 Å². The van der Waals surface area contributed by atoms with Gasteiger partial charge in [0.15, 0.2) is 0 Å². The first kappa shape index (κ1) is 13.9. The first-order chi connectivity index (χ1) is 7.52. The highest BCUT2D eigenvalue weighted by atomic mass is 15.2. The van der Waals surface area contributed by atoms with E-state index in [1.807, 2.05) is 7.05 Å². The van der Waals surface area contributed by atoms with Crippen LogP contribution in [-0.4, -0.2) is 62.7 Å². The van der Waals surface area contributed by atoms with Gasteiger partial charge in [-0.1, -0.05) is 0 Å². The Hall–Kier alpha value is -0.120. The van der Waals surface area contributed by atoms with E-state index >= 15 is 0 Å². The predicted molar refractivity (Wildman–Crippen MR) is 70.9 cm³/mol. The largest absolute Gasteiger partial charge is 0.320 e. The van der Waals surface area contributed by atoms with E-state index in [1.54, 1.807) is 0 Å². The van der Waals surface area contributed by atoms with E-state index in [0.29, 0.717) is 11.6 Å². The van der Waals surface area contributed by atoms with Crippen molar-refractivity contribution in [1.29, 1.82) is 0 Å². The monoisotopic (exact) mass is 227 g/mol. The van der Waals surface area contributed by atoms with Crippen LogP contribution in [-0.2, 0) is 0 Å². The molecule has 96 valence electrons. The van der Waals surface area contributed by atoms with E-state index in [2.05, 4.69) is 43.2 Å². The zero-order chi connectivity index (χ0) is 12.2. The number of likely N-dealkylation sites (N-methyl/N-ethyl adjacent to an activating group) is 2. The van der Waals surface area contributed by atoms with Crippen LogP contribution in [0.2, 0.25) is 0 Å². The van der Waals surface area contributed by atoms with E-state index < -0.39 is 0 Å². The molecule has 0 heterocycles. The second-order valence-corrected chi connectivity index (χ2v) is 5.63. The Morgan fingerprint density at radius 3 is 2.25 bits per heavy atom. The minimum absolute atomic E-state index is 0.461. The highest BCUT2D eigenvalue weighted by Crippen LogP contribution is 2.36. The lowest BCUT2D eigenvalue weighted by molar-refractivity contribution is 0.0173. The van der Waals surface area contributed by atoms with Crippen LogP contribution in [0.25, 0.3) is 0 Å². The molecule has 0 radical (unpaired) electrons. The Morgan fingerprint density at radius 1 is 1.25 bits per heavy atom. The summed E-state index contributed by atoms with van der Waals surface area (Å²) in [4.78, 5) is 4.95. The third-order valence-electron chi connectivity index (χ3n) is 4.34. The van der Waals surface area contributed by atoms with Crippen molar-refractivity contribution in [3.8, 4) is 0 Å². The number of rotatable bonds is 7. The van der Waals surface area contributed by atoms with Crippen molar-refractivity contribution in [2.45, 2.75) is 44.2 Å². The zero-order valence-electron chi connectivity index (χ0n) is 11.7. The summed E-state index contributed by atoms with van der Waals surface area (Å²) in [5, 5.41) is 3.23. The number of hydrogen-bond donors (Lipinski definition) is 1. The summed E-state index contributed by atoms with van der Waals surface area (Å²) >= 11 is 0. The molecule has 0 aromatic carbocycles. The molecule has 0 spiro atoms. The van der Waals surface area contributed by atoms with Crippen LogP contribution in [0.3, 0.4) is 0 Å². The normalized spacial score (nSPS) is 21.2. The van der Waals surface area contributed by atoms with Crippen molar-refractivity contribution in [1.82, 2.24) is 15.1 Å². The average molecular weight is 227 g/mol. The minimum atomic E-state index is 0.461. The number of hydrogen-bond acceptors (Lipinski definition) is 3. The molecule has 0 amide bonds. The molecule has 3 nitrogen and oxygen atoms in total. The fourth-order valence-electron chi connectivity index (χ4n) is 2.53. The van der Waals surface area contributed by atoms with Gasteiger partial charge in [0.25, 0.3) is 0 Å². The second-order valence-electron chi connectivity index (χ2n) is 5.63. The van der Waals surface area contributed by atoms with Gasteiger partial charge in [0.2, 0.25) is 0 Å². The molecule has 1 N–H and O–H groups in total. The van der Waals surface area contributed by atoms with Crippen LogP contribution < -0.4 is 5.32 Å². The Bertz CT molecular complexity index is 199. The Labute approximate surface area is 101 Å². The van der Waals surface area contributed by atoms with Gasteiger partial charge in [-0.2, -0.15) is 0 Å². The summed E-state index contributed by atoms with van der Waals surface area (Å²) in [6.45, 7) is 4.66. The Kier molecular flexibility index (Phi) is 5.22. The van der Waals surface area contributed by atoms with Crippen molar-refractivity contribution in [3.63, 3.8) is 0 Å². The molecule has 0 aromatic rings. The highest BCUT2D eigenvalue weighted by Gasteiger charge is 2.40. The summed E-state index contributed by atoms with van der Waals surface area (Å²) in [5.74, 6) is 0. The summed E-state index contributed by atoms with van der Waals surface area (Å²) < 4.78 is 0. The van der Waals surface area contributed by atoms with E-state index in [0.717, 1.165) is 6.54 Å². The molecule has 3 heteroatoms. The smallest absolute Gasteiger partial charge is 0.0330 e. The van der Waals surface area contributed by atoms with Gasteiger partial charge in [-0.25, -0.2) is 0 Å². The third kappa shape index (κ3) is 3.19. The van der Waals surface area contributed by atoms with E-state index in [9.17, 15) is 0 Å². The lowest BCUT2D eigenvalue weighted by Crippen LogP contribution is -2.57. The van der Waals surface area contributed by atoms with Gasteiger partial charge in [-0.15, -0.1) is 0 Å². The van der Waals surface area contributed by atoms with Crippen molar-refractivity contribution in [3.05, 3.63) is 0 Å². The standard InChI is InChI=1S/C13H29N3/c1-12(7-10-14-2)16(5)11-13(15(3)4)8-6-9-13/h12,14H,6-11H2,1-5H3. The summed E-state index contributed by atoms with van der Waals surface area (Å²) in [7, 11) is 8.75. The quantitative estimate of drug-likeness (QED) is 0.709. The Balaban J connectivity index is 2.39. The van der Waals surface area contributed by atoms with E-state index in [1.165, 1.54) is 32.2 Å². The van der Waals surface area contributed by atoms with Crippen LogP contribution >= 0.6 is 0 Å². The SMILES string of the molecule is CNCCC(C)N(C)CC1(N(C)C)CCC1. The van der Waals surface area contributed by atoms with Gasteiger partial charge in [0.05, 0.1) is 0 Å². The highest BCUT2D eigenvalue weighted by molar-refractivity contribution is 4.98. The first-order valence-electron chi connectivity index (χ1n) is 6.54. The van der Waals surface area contributed by atoms with Crippen molar-refractivity contribution in [2.24, 2.45) is 0 Å². The maximum Gasteiger partial charge on any atom is 0.0330 e. The molecule has 1 rings (SSSR count). The maximum atomic E-state index is 3.23. The molecule has 1 fully saturated rings. The topological polar surface area (TPSA) is 18.5 Å². The average Bonchev–Trinajstić information content (AvgIpc) is 2.18. The van der Waals surface area contributed by atoms with E-state index in [-0.39, 0.29) is 0 Å². The lowest BCUT2D eigenvalue weighted by Gasteiger charge is -2.50. The van der Waals surface area contributed by atoms with Crippen LogP contribution in [0.15, 0.2) is 0 Å². The van der Waals surface area contributed by atoms with Gasteiger partial charge in [-0.3, -0.25) is 0 Å². The van der Waals surface area contributed by atoms with Gasteiger partial charge in [0.1, 0.15) is 0 Å². The maximum absolute atomic E-state index is 3.23. The zero-order valence-corrected chi connectivity index (χ0v) is 11.7. The van der Waals surface area contributed by atoms with Crippen molar-refractivity contribution in [2.75, 3.05) is 41.3 Å². The van der Waals surface area contributed by atoms with E-state index in [4.69, 9.17) is 0 Å². The fraction of sp³-hybridized carbons (Fsp3) is 1.00. The molecule has 1 aliphatic rings. The fourth-order valence-corrected chi connectivity index (χ4v) is 2.53. The molecule has 1 atom stereocenters. The molecular weight excluding hydrogens is 198 g/mol. The van der Waals surface area contributed by atoms with Crippen LogP contribution in [0.5, 0.6) is 0 Å². The van der Waals surface area contributed by atoms with Gasteiger partial charge < -0.3 is 15.1 Å². The minimum Gasteiger partial charge on any atom is -0.320 e. The predicted octanol–water partition coefficient (Wildman–Crippen LogP) is 1.40. The van der Waals surface area contributed by atoms with Crippen molar-refractivity contribution >= 4 is 0 Å². The summed E-state index contributed by atoms with van der Waals surface area (Å²) in [5.41, 5.74) is 0.461. The summed E-state index contributed by atoms with van der Waals surface area (Å²) in [6, 6.07) is 0.671. The molecule has 0 aliphatic heterocycles. The molecule has 16 heavy (non-hydrogen) atoms. The number of nitrogens with zero attached hydrogens (tertiary/aromatic N) is 2. The molecule has 0 aromatic heterocycles. The van der Waals surface area contributed by atoms with Crippen LogP contribution in [0.4, 0.5) is 0 Å². The van der Waals surface area contributed by atoms with Crippen molar-refractivity contribution < 1.29 is 0 Å². The molecule has 1 unspecified atom stereocenters. The summed E-state index contributed by atoms with van der Waals surface area (Å²) in [6.07, 6.45) is 5.36. The molecule has 0 saturated heterocycles. The molecule has 0 bridgehead atoms.